The van der Waals surface area contributed by atoms with Gasteiger partial charge in [-0.2, -0.15) is 0 Å². The fourth-order valence-corrected chi connectivity index (χ4v) is 2.67. The molecule has 0 atom stereocenters. The second kappa shape index (κ2) is 9.42. The third-order valence-electron chi connectivity index (χ3n) is 4.06. The van der Waals surface area contributed by atoms with Crippen molar-refractivity contribution in [3.05, 3.63) is 78.0 Å². The first-order valence-corrected chi connectivity index (χ1v) is 8.84. The SMILES string of the molecule is CN=C(NCCCc1ccccc1)NCc1cc(-c2ccccc2)on1. The zero-order valence-electron chi connectivity index (χ0n) is 15.0. The van der Waals surface area contributed by atoms with E-state index in [0.717, 1.165) is 42.4 Å². The van der Waals surface area contributed by atoms with Crippen LogP contribution in [0.1, 0.15) is 17.7 Å². The third-order valence-corrected chi connectivity index (χ3v) is 4.06. The average molecular weight is 348 g/mol. The average Bonchev–Trinajstić information content (AvgIpc) is 3.18. The van der Waals surface area contributed by atoms with Gasteiger partial charge in [-0.25, -0.2) is 0 Å². The van der Waals surface area contributed by atoms with Crippen molar-refractivity contribution in [1.82, 2.24) is 15.8 Å². The summed E-state index contributed by atoms with van der Waals surface area (Å²) >= 11 is 0. The molecular formula is C21H24N4O. The second-order valence-electron chi connectivity index (χ2n) is 5.99. The standard InChI is InChI=1S/C21H24N4O/c1-22-21(23-14-8-11-17-9-4-2-5-10-17)24-16-19-15-20(26-25-19)18-12-6-3-7-13-18/h2-7,9-10,12-13,15H,8,11,14,16H2,1H3,(H2,22,23,24). The van der Waals surface area contributed by atoms with E-state index in [0.29, 0.717) is 6.54 Å². The van der Waals surface area contributed by atoms with Crippen molar-refractivity contribution < 1.29 is 4.52 Å². The molecule has 0 fully saturated rings. The third kappa shape index (κ3) is 5.21. The van der Waals surface area contributed by atoms with Crippen LogP contribution in [0.25, 0.3) is 11.3 Å². The molecule has 0 aliphatic heterocycles. The zero-order chi connectivity index (χ0) is 18.0. The summed E-state index contributed by atoms with van der Waals surface area (Å²) in [6.45, 7) is 1.43. The number of benzene rings is 2. The van der Waals surface area contributed by atoms with Crippen LogP contribution in [0.2, 0.25) is 0 Å². The number of guanidine groups is 1. The van der Waals surface area contributed by atoms with Crippen molar-refractivity contribution in [2.75, 3.05) is 13.6 Å². The number of hydrogen-bond donors (Lipinski definition) is 2. The number of nitrogens with zero attached hydrogens (tertiary/aromatic N) is 2. The smallest absolute Gasteiger partial charge is 0.191 e. The molecule has 26 heavy (non-hydrogen) atoms. The summed E-state index contributed by atoms with van der Waals surface area (Å²) < 4.78 is 5.41. The first-order valence-electron chi connectivity index (χ1n) is 8.84. The maximum atomic E-state index is 5.41. The summed E-state index contributed by atoms with van der Waals surface area (Å²) in [5.41, 5.74) is 3.22. The van der Waals surface area contributed by atoms with Gasteiger partial charge in [-0.1, -0.05) is 65.8 Å². The summed E-state index contributed by atoms with van der Waals surface area (Å²) in [6.07, 6.45) is 2.10. The molecule has 0 saturated carbocycles. The molecule has 1 heterocycles. The molecule has 3 aromatic rings. The fraction of sp³-hybridized carbons (Fsp3) is 0.238. The van der Waals surface area contributed by atoms with Gasteiger partial charge in [-0.05, 0) is 18.4 Å². The van der Waals surface area contributed by atoms with Gasteiger partial charge in [0, 0.05) is 25.2 Å². The quantitative estimate of drug-likeness (QED) is 0.389. The molecule has 0 saturated heterocycles. The van der Waals surface area contributed by atoms with E-state index in [1.165, 1.54) is 5.56 Å². The van der Waals surface area contributed by atoms with Crippen LogP contribution >= 0.6 is 0 Å². The van der Waals surface area contributed by atoms with Gasteiger partial charge in [-0.3, -0.25) is 4.99 Å². The van der Waals surface area contributed by atoms with E-state index in [-0.39, 0.29) is 0 Å². The molecule has 0 bridgehead atoms. The summed E-state index contributed by atoms with van der Waals surface area (Å²) in [7, 11) is 1.77. The van der Waals surface area contributed by atoms with Gasteiger partial charge < -0.3 is 15.2 Å². The van der Waals surface area contributed by atoms with Gasteiger partial charge >= 0.3 is 0 Å². The molecule has 3 rings (SSSR count). The molecule has 0 unspecified atom stereocenters. The molecule has 5 nitrogen and oxygen atoms in total. The highest BCUT2D eigenvalue weighted by Gasteiger charge is 2.07. The summed E-state index contributed by atoms with van der Waals surface area (Å²) in [5.74, 6) is 1.54. The highest BCUT2D eigenvalue weighted by Crippen LogP contribution is 2.19. The van der Waals surface area contributed by atoms with Crippen molar-refractivity contribution >= 4 is 5.96 Å². The molecular weight excluding hydrogens is 324 g/mol. The number of aromatic nitrogens is 1. The second-order valence-corrected chi connectivity index (χ2v) is 5.99. The van der Waals surface area contributed by atoms with Crippen LogP contribution < -0.4 is 10.6 Å². The van der Waals surface area contributed by atoms with Crippen LogP contribution in [0.4, 0.5) is 0 Å². The van der Waals surface area contributed by atoms with Gasteiger partial charge in [0.25, 0.3) is 0 Å². The number of aliphatic imine (C=N–C) groups is 1. The zero-order valence-corrected chi connectivity index (χ0v) is 15.0. The molecule has 0 aliphatic carbocycles. The largest absolute Gasteiger partial charge is 0.356 e. The Morgan fingerprint density at radius 2 is 1.73 bits per heavy atom. The van der Waals surface area contributed by atoms with Crippen LogP contribution in [0, 0.1) is 0 Å². The minimum atomic E-state index is 0.564. The first kappa shape index (κ1) is 17.7. The monoisotopic (exact) mass is 348 g/mol. The predicted molar refractivity (Wildman–Crippen MR) is 105 cm³/mol. The molecule has 5 heteroatoms. The van der Waals surface area contributed by atoms with Crippen LogP contribution in [-0.4, -0.2) is 24.7 Å². The Hall–Kier alpha value is -3.08. The minimum absolute atomic E-state index is 0.564. The number of nitrogens with one attached hydrogen (secondary N) is 2. The van der Waals surface area contributed by atoms with E-state index < -0.39 is 0 Å². The maximum absolute atomic E-state index is 5.41. The predicted octanol–water partition coefficient (Wildman–Crippen LogP) is 3.64. The first-order chi connectivity index (χ1) is 12.8. The van der Waals surface area contributed by atoms with Crippen molar-refractivity contribution in [3.8, 4) is 11.3 Å². The number of rotatable bonds is 7. The Kier molecular flexibility index (Phi) is 6.42. The van der Waals surface area contributed by atoms with Crippen LogP contribution in [0.5, 0.6) is 0 Å². The highest BCUT2D eigenvalue weighted by atomic mass is 16.5. The van der Waals surface area contributed by atoms with Crippen molar-refractivity contribution in [2.45, 2.75) is 19.4 Å². The molecule has 0 amide bonds. The Balaban J connectivity index is 1.42. The lowest BCUT2D eigenvalue weighted by molar-refractivity contribution is 0.422. The maximum Gasteiger partial charge on any atom is 0.191 e. The molecule has 0 spiro atoms. The van der Waals surface area contributed by atoms with E-state index in [2.05, 4.69) is 45.0 Å². The number of hydrogen-bond acceptors (Lipinski definition) is 3. The number of aryl methyl sites for hydroxylation is 1. The Morgan fingerprint density at radius 3 is 2.46 bits per heavy atom. The van der Waals surface area contributed by atoms with E-state index in [1.807, 2.05) is 42.5 Å². The Labute approximate surface area is 154 Å². The van der Waals surface area contributed by atoms with Crippen molar-refractivity contribution in [2.24, 2.45) is 4.99 Å². The van der Waals surface area contributed by atoms with E-state index in [4.69, 9.17) is 4.52 Å². The molecule has 1 aromatic heterocycles. The molecule has 2 aromatic carbocycles. The minimum Gasteiger partial charge on any atom is -0.356 e. The van der Waals surface area contributed by atoms with E-state index >= 15 is 0 Å². The molecule has 0 aliphatic rings. The van der Waals surface area contributed by atoms with Gasteiger partial charge in [0.15, 0.2) is 11.7 Å². The molecule has 2 N–H and O–H groups in total. The topological polar surface area (TPSA) is 62.5 Å². The van der Waals surface area contributed by atoms with Crippen LogP contribution in [0.3, 0.4) is 0 Å². The molecule has 0 radical (unpaired) electrons. The Morgan fingerprint density at radius 1 is 1.00 bits per heavy atom. The summed E-state index contributed by atoms with van der Waals surface area (Å²) in [4.78, 5) is 4.25. The van der Waals surface area contributed by atoms with Gasteiger partial charge in [0.1, 0.15) is 5.69 Å². The fourth-order valence-electron chi connectivity index (χ4n) is 2.67. The lowest BCUT2D eigenvalue weighted by Crippen LogP contribution is -2.37. The summed E-state index contributed by atoms with van der Waals surface area (Å²) in [5, 5.41) is 10.7. The van der Waals surface area contributed by atoms with Crippen molar-refractivity contribution in [3.63, 3.8) is 0 Å². The molecule has 134 valence electrons. The summed E-state index contributed by atoms with van der Waals surface area (Å²) in [6, 6.07) is 22.4. The normalized spacial score (nSPS) is 11.3. The van der Waals surface area contributed by atoms with E-state index in [1.54, 1.807) is 7.05 Å². The highest BCUT2D eigenvalue weighted by molar-refractivity contribution is 5.79. The van der Waals surface area contributed by atoms with Gasteiger partial charge in [0.2, 0.25) is 0 Å². The van der Waals surface area contributed by atoms with Crippen LogP contribution in [-0.2, 0) is 13.0 Å². The lowest BCUT2D eigenvalue weighted by Gasteiger charge is -2.10. The Bertz CT molecular complexity index is 812. The van der Waals surface area contributed by atoms with Crippen LogP contribution in [0.15, 0.2) is 76.2 Å². The van der Waals surface area contributed by atoms with Gasteiger partial charge in [0.05, 0.1) is 6.54 Å². The lowest BCUT2D eigenvalue weighted by atomic mass is 10.1. The van der Waals surface area contributed by atoms with Gasteiger partial charge in [-0.15, -0.1) is 0 Å². The van der Waals surface area contributed by atoms with Crippen molar-refractivity contribution in [1.29, 1.82) is 0 Å². The van der Waals surface area contributed by atoms with E-state index in [9.17, 15) is 0 Å².